The SMILES string of the molecule is CCOC(=O)/C=C/C(=O)OCC(=O)N[C@H](C)c1ccc(Br)cc1. The van der Waals surface area contributed by atoms with E-state index in [0.29, 0.717) is 0 Å². The van der Waals surface area contributed by atoms with Crippen molar-refractivity contribution in [3.8, 4) is 0 Å². The molecule has 0 aromatic heterocycles. The Morgan fingerprint density at radius 2 is 1.70 bits per heavy atom. The minimum absolute atomic E-state index is 0.217. The standard InChI is InChI=1S/C16H18BrNO5/c1-3-22-15(20)8-9-16(21)23-10-14(19)18-11(2)12-4-6-13(17)7-5-12/h4-9,11H,3,10H2,1-2H3,(H,18,19)/b9-8+/t11-/m1/s1. The first-order valence-electron chi connectivity index (χ1n) is 6.98. The average Bonchev–Trinajstić information content (AvgIpc) is 2.51. The van der Waals surface area contributed by atoms with Crippen molar-refractivity contribution in [3.05, 3.63) is 46.5 Å². The van der Waals surface area contributed by atoms with Crippen LogP contribution in [-0.4, -0.2) is 31.1 Å². The molecule has 7 heteroatoms. The van der Waals surface area contributed by atoms with E-state index in [2.05, 4.69) is 26.0 Å². The predicted octanol–water partition coefficient (Wildman–Crippen LogP) is 2.29. The van der Waals surface area contributed by atoms with Gasteiger partial charge in [-0.05, 0) is 31.5 Å². The summed E-state index contributed by atoms with van der Waals surface area (Å²) in [6.45, 7) is 3.27. The van der Waals surface area contributed by atoms with Gasteiger partial charge in [-0.3, -0.25) is 4.79 Å². The molecule has 1 atom stereocenters. The number of carbonyl (C=O) groups excluding carboxylic acids is 3. The Labute approximate surface area is 143 Å². The van der Waals surface area contributed by atoms with Gasteiger partial charge in [0.05, 0.1) is 12.6 Å². The molecule has 0 saturated heterocycles. The van der Waals surface area contributed by atoms with Gasteiger partial charge >= 0.3 is 11.9 Å². The summed E-state index contributed by atoms with van der Waals surface area (Å²) >= 11 is 3.34. The maximum Gasteiger partial charge on any atom is 0.331 e. The molecule has 0 spiro atoms. The minimum Gasteiger partial charge on any atom is -0.463 e. The quantitative estimate of drug-likeness (QED) is 0.576. The van der Waals surface area contributed by atoms with E-state index in [0.717, 1.165) is 22.2 Å². The number of rotatable bonds is 7. The van der Waals surface area contributed by atoms with Crippen molar-refractivity contribution >= 4 is 33.8 Å². The molecule has 0 fully saturated rings. The van der Waals surface area contributed by atoms with E-state index in [1.165, 1.54) is 0 Å². The number of halogens is 1. The lowest BCUT2D eigenvalue weighted by Crippen LogP contribution is -2.30. The van der Waals surface area contributed by atoms with Gasteiger partial charge in [-0.2, -0.15) is 0 Å². The summed E-state index contributed by atoms with van der Waals surface area (Å²) in [6, 6.07) is 7.28. The van der Waals surface area contributed by atoms with Gasteiger partial charge in [-0.25, -0.2) is 9.59 Å². The zero-order valence-corrected chi connectivity index (χ0v) is 14.5. The fraction of sp³-hybridized carbons (Fsp3) is 0.312. The molecular weight excluding hydrogens is 366 g/mol. The van der Waals surface area contributed by atoms with Gasteiger partial charge in [0.15, 0.2) is 6.61 Å². The molecule has 0 unspecified atom stereocenters. The predicted molar refractivity (Wildman–Crippen MR) is 87.4 cm³/mol. The summed E-state index contributed by atoms with van der Waals surface area (Å²) in [5.74, 6) is -1.86. The molecule has 0 aliphatic carbocycles. The minimum atomic E-state index is -0.788. The van der Waals surface area contributed by atoms with Crippen LogP contribution in [0.4, 0.5) is 0 Å². The normalized spacial score (nSPS) is 11.8. The van der Waals surface area contributed by atoms with Crippen molar-refractivity contribution in [2.24, 2.45) is 0 Å². The Balaban J connectivity index is 2.37. The van der Waals surface area contributed by atoms with Crippen LogP contribution in [0.15, 0.2) is 40.9 Å². The number of hydrogen-bond donors (Lipinski definition) is 1. The molecule has 124 valence electrons. The first-order chi connectivity index (χ1) is 10.9. The van der Waals surface area contributed by atoms with Gasteiger partial charge in [-0.1, -0.05) is 28.1 Å². The van der Waals surface area contributed by atoms with E-state index in [1.54, 1.807) is 6.92 Å². The lowest BCUT2D eigenvalue weighted by Gasteiger charge is -2.14. The summed E-state index contributed by atoms with van der Waals surface area (Å²) < 4.78 is 10.3. The average molecular weight is 384 g/mol. The topological polar surface area (TPSA) is 81.7 Å². The van der Waals surface area contributed by atoms with Crippen LogP contribution >= 0.6 is 15.9 Å². The highest BCUT2D eigenvalue weighted by Gasteiger charge is 2.11. The molecule has 0 heterocycles. The Hall–Kier alpha value is -2.15. The molecule has 1 aromatic carbocycles. The van der Waals surface area contributed by atoms with E-state index in [1.807, 2.05) is 31.2 Å². The van der Waals surface area contributed by atoms with Crippen molar-refractivity contribution < 1.29 is 23.9 Å². The Kier molecular flexibility index (Phi) is 8.04. The van der Waals surface area contributed by atoms with Crippen molar-refractivity contribution in [1.29, 1.82) is 0 Å². The second-order valence-corrected chi connectivity index (χ2v) is 5.45. The van der Waals surface area contributed by atoms with Crippen LogP contribution in [-0.2, 0) is 23.9 Å². The molecule has 0 aliphatic rings. The number of esters is 2. The number of benzene rings is 1. The van der Waals surface area contributed by atoms with E-state index in [9.17, 15) is 14.4 Å². The summed E-state index contributed by atoms with van der Waals surface area (Å²) in [4.78, 5) is 34.1. The highest BCUT2D eigenvalue weighted by molar-refractivity contribution is 9.10. The van der Waals surface area contributed by atoms with Gasteiger partial charge in [0, 0.05) is 16.6 Å². The van der Waals surface area contributed by atoms with E-state index in [4.69, 9.17) is 4.74 Å². The smallest absolute Gasteiger partial charge is 0.331 e. The van der Waals surface area contributed by atoms with Crippen molar-refractivity contribution in [2.75, 3.05) is 13.2 Å². The third-order valence-electron chi connectivity index (χ3n) is 2.74. The Bertz CT molecular complexity index is 583. The van der Waals surface area contributed by atoms with E-state index >= 15 is 0 Å². The van der Waals surface area contributed by atoms with Crippen molar-refractivity contribution in [2.45, 2.75) is 19.9 Å². The second kappa shape index (κ2) is 9.78. The monoisotopic (exact) mass is 383 g/mol. The van der Waals surface area contributed by atoms with Gasteiger partial charge in [0.25, 0.3) is 5.91 Å². The molecule has 1 N–H and O–H groups in total. The van der Waals surface area contributed by atoms with Crippen LogP contribution in [0.2, 0.25) is 0 Å². The van der Waals surface area contributed by atoms with Crippen LogP contribution in [0, 0.1) is 0 Å². The summed E-state index contributed by atoms with van der Waals surface area (Å²) in [5, 5.41) is 2.71. The molecule has 1 amide bonds. The number of ether oxygens (including phenoxy) is 2. The largest absolute Gasteiger partial charge is 0.463 e. The van der Waals surface area contributed by atoms with Crippen molar-refractivity contribution in [1.82, 2.24) is 5.32 Å². The fourth-order valence-electron chi connectivity index (χ4n) is 1.63. The third-order valence-corrected chi connectivity index (χ3v) is 3.26. The number of nitrogens with one attached hydrogen (secondary N) is 1. The first kappa shape index (κ1) is 18.9. The maximum atomic E-state index is 11.7. The summed E-state index contributed by atoms with van der Waals surface area (Å²) in [7, 11) is 0. The lowest BCUT2D eigenvalue weighted by molar-refractivity contribution is -0.144. The van der Waals surface area contributed by atoms with E-state index in [-0.39, 0.29) is 12.6 Å². The van der Waals surface area contributed by atoms with Gasteiger partial charge in [0.2, 0.25) is 0 Å². The molecule has 0 radical (unpaired) electrons. The van der Waals surface area contributed by atoms with Crippen molar-refractivity contribution in [3.63, 3.8) is 0 Å². The number of amides is 1. The van der Waals surface area contributed by atoms with Crippen LogP contribution in [0.5, 0.6) is 0 Å². The summed E-state index contributed by atoms with van der Waals surface area (Å²) in [6.07, 6.45) is 1.87. The molecule has 0 aliphatic heterocycles. The molecule has 1 rings (SSSR count). The molecular formula is C16H18BrNO5. The highest BCUT2D eigenvalue weighted by atomic mass is 79.9. The summed E-state index contributed by atoms with van der Waals surface area (Å²) in [5.41, 5.74) is 0.926. The number of carbonyl (C=O) groups is 3. The van der Waals surface area contributed by atoms with Crippen LogP contribution < -0.4 is 5.32 Å². The zero-order valence-electron chi connectivity index (χ0n) is 12.9. The van der Waals surface area contributed by atoms with Crippen LogP contribution in [0.3, 0.4) is 0 Å². The van der Waals surface area contributed by atoms with Crippen LogP contribution in [0.25, 0.3) is 0 Å². The second-order valence-electron chi connectivity index (χ2n) is 4.53. The Morgan fingerprint density at radius 1 is 1.13 bits per heavy atom. The van der Waals surface area contributed by atoms with Gasteiger partial charge in [0.1, 0.15) is 0 Å². The first-order valence-corrected chi connectivity index (χ1v) is 7.78. The third kappa shape index (κ3) is 7.60. The maximum absolute atomic E-state index is 11.7. The highest BCUT2D eigenvalue weighted by Crippen LogP contribution is 2.16. The van der Waals surface area contributed by atoms with Gasteiger partial charge < -0.3 is 14.8 Å². The molecule has 1 aromatic rings. The van der Waals surface area contributed by atoms with Crippen LogP contribution in [0.1, 0.15) is 25.5 Å². The van der Waals surface area contributed by atoms with Gasteiger partial charge in [-0.15, -0.1) is 0 Å². The molecule has 0 bridgehead atoms. The molecule has 0 saturated carbocycles. The molecule has 23 heavy (non-hydrogen) atoms. The number of hydrogen-bond acceptors (Lipinski definition) is 5. The van der Waals surface area contributed by atoms with E-state index < -0.39 is 24.5 Å². The zero-order chi connectivity index (χ0) is 17.2. The molecule has 6 nitrogen and oxygen atoms in total. The fourth-order valence-corrected chi connectivity index (χ4v) is 1.89. The lowest BCUT2D eigenvalue weighted by atomic mass is 10.1. The Morgan fingerprint density at radius 3 is 2.26 bits per heavy atom.